The molecule has 0 unspecified atom stereocenters. The summed E-state index contributed by atoms with van der Waals surface area (Å²) in [6.45, 7) is -0.0904. The van der Waals surface area contributed by atoms with E-state index in [4.69, 9.17) is 24.3 Å². The molecule has 0 fully saturated rings. The van der Waals surface area contributed by atoms with Crippen LogP contribution in [0.5, 0.6) is 17.4 Å². The molecule has 4 aromatic carbocycles. The predicted octanol–water partition coefficient (Wildman–Crippen LogP) is 6.01. The van der Waals surface area contributed by atoms with Crippen LogP contribution in [0.4, 0.5) is 0 Å². The third-order valence-electron chi connectivity index (χ3n) is 5.77. The van der Waals surface area contributed by atoms with Gasteiger partial charge in [0.15, 0.2) is 12.4 Å². The highest BCUT2D eigenvalue weighted by molar-refractivity contribution is 5.87. The molecule has 1 N–H and O–H groups in total. The highest BCUT2D eigenvalue weighted by Gasteiger charge is 2.12. The second kappa shape index (κ2) is 10.8. The van der Waals surface area contributed by atoms with E-state index in [0.717, 1.165) is 39.0 Å². The van der Waals surface area contributed by atoms with Crippen LogP contribution in [0, 0.1) is 0 Å². The number of fused-ring (bicyclic) bond motifs is 1. The Balaban J connectivity index is 1.43. The van der Waals surface area contributed by atoms with Crippen LogP contribution in [0.2, 0.25) is 0 Å². The molecule has 5 aromatic rings. The number of aromatic nitrogens is 2. The quantitative estimate of drug-likeness (QED) is 0.269. The molecule has 0 aliphatic heterocycles. The van der Waals surface area contributed by atoms with Crippen molar-refractivity contribution < 1.29 is 24.1 Å². The van der Waals surface area contributed by atoms with Crippen LogP contribution in [-0.4, -0.2) is 34.8 Å². The molecule has 0 bridgehead atoms. The van der Waals surface area contributed by atoms with Gasteiger partial charge in [0.25, 0.3) is 0 Å². The number of hydrogen-bond donors (Lipinski definition) is 1. The van der Waals surface area contributed by atoms with E-state index in [2.05, 4.69) is 4.98 Å². The lowest BCUT2D eigenvalue weighted by atomic mass is 10.1. The number of nitrogens with zero attached hydrogens (tertiary/aromatic N) is 2. The topological polar surface area (TPSA) is 90.8 Å². The summed E-state index contributed by atoms with van der Waals surface area (Å²) < 4.78 is 16.8. The molecule has 5 rings (SSSR count). The van der Waals surface area contributed by atoms with Gasteiger partial charge in [0.2, 0.25) is 5.88 Å². The number of para-hydroxylation sites is 1. The van der Waals surface area contributed by atoms with Crippen LogP contribution in [-0.2, 0) is 11.4 Å². The van der Waals surface area contributed by atoms with Crippen molar-refractivity contribution >= 4 is 16.7 Å². The van der Waals surface area contributed by atoms with Gasteiger partial charge in [-0.3, -0.25) is 0 Å². The highest BCUT2D eigenvalue weighted by atomic mass is 16.5. The molecular formula is C30H24N2O5. The number of hydrogen-bond acceptors (Lipinski definition) is 6. The average Bonchev–Trinajstić information content (AvgIpc) is 2.95. The molecule has 184 valence electrons. The summed E-state index contributed by atoms with van der Waals surface area (Å²) in [6.07, 6.45) is 0. The van der Waals surface area contributed by atoms with Crippen molar-refractivity contribution in [3.8, 4) is 40.0 Å². The molecule has 37 heavy (non-hydrogen) atoms. The maximum atomic E-state index is 11.0. The minimum atomic E-state index is -1.07. The Kier molecular flexibility index (Phi) is 6.94. The third-order valence-corrected chi connectivity index (χ3v) is 5.77. The number of carboxylic acid groups (broad SMARTS) is 1. The van der Waals surface area contributed by atoms with Crippen LogP contribution in [0.25, 0.3) is 33.4 Å². The van der Waals surface area contributed by atoms with Gasteiger partial charge in [0.05, 0.1) is 12.8 Å². The monoisotopic (exact) mass is 492 g/mol. The number of rotatable bonds is 9. The van der Waals surface area contributed by atoms with Crippen molar-refractivity contribution in [1.29, 1.82) is 0 Å². The first-order valence-corrected chi connectivity index (χ1v) is 11.7. The molecule has 0 saturated carbocycles. The first kappa shape index (κ1) is 23.8. The smallest absolute Gasteiger partial charge is 0.341 e. The van der Waals surface area contributed by atoms with Crippen LogP contribution in [0.15, 0.2) is 97.1 Å². The van der Waals surface area contributed by atoms with Crippen LogP contribution >= 0.6 is 0 Å². The van der Waals surface area contributed by atoms with E-state index in [1.807, 2.05) is 91.0 Å². The fourth-order valence-corrected chi connectivity index (χ4v) is 3.96. The van der Waals surface area contributed by atoms with Gasteiger partial charge in [-0.15, -0.1) is 0 Å². The minimum absolute atomic E-state index is 0.200. The molecule has 0 atom stereocenters. The lowest BCUT2D eigenvalue weighted by molar-refractivity contribution is -0.139. The molecule has 0 saturated heterocycles. The van der Waals surface area contributed by atoms with Crippen molar-refractivity contribution in [3.05, 3.63) is 103 Å². The summed E-state index contributed by atoms with van der Waals surface area (Å²) in [5.41, 5.74) is 3.28. The average molecular weight is 493 g/mol. The van der Waals surface area contributed by atoms with Gasteiger partial charge in [-0.05, 0) is 35.0 Å². The Labute approximate surface area is 213 Å². The molecule has 7 nitrogen and oxygen atoms in total. The first-order chi connectivity index (χ1) is 18.1. The summed E-state index contributed by atoms with van der Waals surface area (Å²) in [4.78, 5) is 20.2. The number of ether oxygens (including phenoxy) is 3. The summed E-state index contributed by atoms with van der Waals surface area (Å²) in [5, 5.41) is 11.0. The van der Waals surface area contributed by atoms with Crippen LogP contribution in [0.1, 0.15) is 5.56 Å². The predicted molar refractivity (Wildman–Crippen MR) is 141 cm³/mol. The molecule has 1 heterocycles. The van der Waals surface area contributed by atoms with Gasteiger partial charge in [0, 0.05) is 22.8 Å². The third kappa shape index (κ3) is 5.67. The Morgan fingerprint density at radius 3 is 2.35 bits per heavy atom. The normalized spacial score (nSPS) is 10.7. The first-order valence-electron chi connectivity index (χ1n) is 11.7. The molecule has 0 aliphatic carbocycles. The minimum Gasteiger partial charge on any atom is -0.496 e. The van der Waals surface area contributed by atoms with E-state index < -0.39 is 12.6 Å². The summed E-state index contributed by atoms with van der Waals surface area (Å²) in [7, 11) is 1.65. The molecular weight excluding hydrogens is 468 g/mol. The van der Waals surface area contributed by atoms with Gasteiger partial charge < -0.3 is 19.3 Å². The summed E-state index contributed by atoms with van der Waals surface area (Å²) in [6, 6.07) is 30.8. The summed E-state index contributed by atoms with van der Waals surface area (Å²) >= 11 is 0. The Hall–Kier alpha value is -4.91. The van der Waals surface area contributed by atoms with Crippen LogP contribution < -0.4 is 14.2 Å². The van der Waals surface area contributed by atoms with Crippen molar-refractivity contribution in [2.24, 2.45) is 0 Å². The van der Waals surface area contributed by atoms with E-state index in [1.165, 1.54) is 0 Å². The van der Waals surface area contributed by atoms with Gasteiger partial charge in [-0.2, -0.15) is 4.98 Å². The van der Waals surface area contributed by atoms with E-state index in [9.17, 15) is 4.79 Å². The second-order valence-corrected chi connectivity index (χ2v) is 8.29. The van der Waals surface area contributed by atoms with E-state index in [0.29, 0.717) is 18.1 Å². The van der Waals surface area contributed by atoms with Crippen molar-refractivity contribution in [2.45, 2.75) is 6.61 Å². The molecule has 0 spiro atoms. The van der Waals surface area contributed by atoms with Gasteiger partial charge >= 0.3 is 5.97 Å². The molecule has 0 amide bonds. The van der Waals surface area contributed by atoms with Crippen molar-refractivity contribution in [2.75, 3.05) is 13.7 Å². The maximum absolute atomic E-state index is 11.0. The molecule has 1 aromatic heterocycles. The fraction of sp³-hybridized carbons (Fsp3) is 0.100. The van der Waals surface area contributed by atoms with Gasteiger partial charge in [-0.25, -0.2) is 9.78 Å². The van der Waals surface area contributed by atoms with E-state index in [-0.39, 0.29) is 5.88 Å². The number of carbonyl (C=O) groups is 1. The Morgan fingerprint density at radius 2 is 1.54 bits per heavy atom. The standard InChI is InChI=1S/C30H24N2O5/c1-35-27-10-6-5-9-24(27)18-36-25-14-13-21-15-23(12-11-22(21)16-25)30-31-26(20-7-3-2-4-8-20)17-28(32-30)37-19-29(33)34/h2-17H,18-19H2,1H3,(H,33,34). The summed E-state index contributed by atoms with van der Waals surface area (Å²) in [5.74, 6) is 1.11. The van der Waals surface area contributed by atoms with Gasteiger partial charge in [0.1, 0.15) is 18.1 Å². The van der Waals surface area contributed by atoms with Gasteiger partial charge in [-0.1, -0.05) is 66.7 Å². The number of carboxylic acids is 1. The molecule has 7 heteroatoms. The zero-order chi connectivity index (χ0) is 25.6. The zero-order valence-corrected chi connectivity index (χ0v) is 20.1. The number of benzene rings is 4. The van der Waals surface area contributed by atoms with Crippen LogP contribution in [0.3, 0.4) is 0 Å². The van der Waals surface area contributed by atoms with Crippen molar-refractivity contribution in [3.63, 3.8) is 0 Å². The SMILES string of the molecule is COc1ccccc1COc1ccc2cc(-c3nc(OCC(=O)O)cc(-c4ccccc4)n3)ccc2c1. The zero-order valence-electron chi connectivity index (χ0n) is 20.1. The largest absolute Gasteiger partial charge is 0.496 e. The lowest BCUT2D eigenvalue weighted by Crippen LogP contribution is -2.11. The molecule has 0 aliphatic rings. The highest BCUT2D eigenvalue weighted by Crippen LogP contribution is 2.29. The second-order valence-electron chi connectivity index (χ2n) is 8.29. The molecule has 0 radical (unpaired) electrons. The maximum Gasteiger partial charge on any atom is 0.341 e. The fourth-order valence-electron chi connectivity index (χ4n) is 3.96. The lowest BCUT2D eigenvalue weighted by Gasteiger charge is -2.11. The number of aliphatic carboxylic acids is 1. The van der Waals surface area contributed by atoms with E-state index >= 15 is 0 Å². The Morgan fingerprint density at radius 1 is 0.784 bits per heavy atom. The Bertz CT molecular complexity index is 1550. The van der Waals surface area contributed by atoms with Crippen molar-refractivity contribution in [1.82, 2.24) is 9.97 Å². The number of methoxy groups -OCH3 is 1. The van der Waals surface area contributed by atoms with E-state index in [1.54, 1.807) is 13.2 Å².